The fourth-order valence-electron chi connectivity index (χ4n) is 2.72. The number of aliphatic hydroxyl groups excluding tert-OH is 1. The Labute approximate surface area is 121 Å². The third-order valence-corrected chi connectivity index (χ3v) is 3.69. The lowest BCUT2D eigenvalue weighted by atomic mass is 10.1. The first kappa shape index (κ1) is 15.3. The van der Waals surface area contributed by atoms with Gasteiger partial charge in [0.25, 0.3) is 0 Å². The number of carbonyl (C=O) groups excluding carboxylic acids is 1. The number of carboxylic acids is 1. The van der Waals surface area contributed by atoms with Crippen LogP contribution < -0.4 is 5.32 Å². The summed E-state index contributed by atoms with van der Waals surface area (Å²) in [4.78, 5) is 24.5. The number of aryl methyl sites for hydroxylation is 2. The maximum Gasteiger partial charge on any atom is 0.326 e. The molecule has 0 aliphatic carbocycles. The average Bonchev–Trinajstić information content (AvgIpc) is 2.93. The summed E-state index contributed by atoms with van der Waals surface area (Å²) >= 11 is 0. The lowest BCUT2D eigenvalue weighted by Crippen LogP contribution is -2.46. The van der Waals surface area contributed by atoms with Gasteiger partial charge in [0.1, 0.15) is 11.8 Å². The van der Waals surface area contributed by atoms with Crippen LogP contribution in [-0.2, 0) is 4.79 Å². The van der Waals surface area contributed by atoms with Crippen LogP contribution in [0, 0.1) is 13.8 Å². The van der Waals surface area contributed by atoms with E-state index >= 15 is 0 Å². The van der Waals surface area contributed by atoms with Crippen LogP contribution in [0.3, 0.4) is 0 Å². The van der Waals surface area contributed by atoms with Gasteiger partial charge in [-0.15, -0.1) is 0 Å². The summed E-state index contributed by atoms with van der Waals surface area (Å²) in [6.45, 7) is 5.30. The van der Waals surface area contributed by atoms with E-state index in [2.05, 4.69) is 10.5 Å². The van der Waals surface area contributed by atoms with Crippen LogP contribution in [0.25, 0.3) is 0 Å². The van der Waals surface area contributed by atoms with Crippen molar-refractivity contribution in [2.75, 3.05) is 6.54 Å². The summed E-state index contributed by atoms with van der Waals surface area (Å²) < 4.78 is 5.05. The minimum absolute atomic E-state index is 0.0110. The predicted molar refractivity (Wildman–Crippen MR) is 71.7 cm³/mol. The fourth-order valence-corrected chi connectivity index (χ4v) is 2.72. The number of β-amino-alcohol motifs (C(OH)–C–C–N with tert-alkyl or cyclic N) is 1. The van der Waals surface area contributed by atoms with Crippen LogP contribution in [0.5, 0.6) is 0 Å². The molecule has 8 heteroatoms. The van der Waals surface area contributed by atoms with Crippen LogP contribution in [0.4, 0.5) is 4.79 Å². The molecule has 116 valence electrons. The van der Waals surface area contributed by atoms with Gasteiger partial charge in [-0.1, -0.05) is 5.16 Å². The molecule has 1 aliphatic heterocycles. The first-order valence-electron chi connectivity index (χ1n) is 6.72. The van der Waals surface area contributed by atoms with Crippen molar-refractivity contribution in [2.45, 2.75) is 45.4 Å². The molecule has 0 radical (unpaired) electrons. The second-order valence-corrected chi connectivity index (χ2v) is 5.30. The van der Waals surface area contributed by atoms with Crippen molar-refractivity contribution >= 4 is 12.0 Å². The van der Waals surface area contributed by atoms with Gasteiger partial charge in [-0.2, -0.15) is 0 Å². The van der Waals surface area contributed by atoms with Crippen molar-refractivity contribution in [3.8, 4) is 0 Å². The number of urea groups is 1. The molecule has 1 fully saturated rings. The van der Waals surface area contributed by atoms with Crippen LogP contribution in [0.1, 0.15) is 36.4 Å². The van der Waals surface area contributed by atoms with Crippen molar-refractivity contribution in [2.24, 2.45) is 0 Å². The molecule has 3 atom stereocenters. The summed E-state index contributed by atoms with van der Waals surface area (Å²) in [6, 6.07) is -1.89. The standard InChI is InChI=1S/C13H19N3O5/c1-6(11-7(2)15-21-8(11)3)14-13(20)16-5-9(17)4-10(16)12(18)19/h6,9-10,17H,4-5H2,1-3H3,(H,14,20)(H,18,19). The molecule has 1 aromatic rings. The van der Waals surface area contributed by atoms with Crippen LogP contribution in [-0.4, -0.2) is 51.0 Å². The van der Waals surface area contributed by atoms with Crippen LogP contribution in [0.2, 0.25) is 0 Å². The van der Waals surface area contributed by atoms with Crippen molar-refractivity contribution in [1.82, 2.24) is 15.4 Å². The molecule has 8 nitrogen and oxygen atoms in total. The zero-order chi connectivity index (χ0) is 15.7. The lowest BCUT2D eigenvalue weighted by Gasteiger charge is -2.24. The summed E-state index contributed by atoms with van der Waals surface area (Å²) in [5, 5.41) is 25.2. The highest BCUT2D eigenvalue weighted by atomic mass is 16.5. The zero-order valence-corrected chi connectivity index (χ0v) is 12.2. The molecular formula is C13H19N3O5. The molecule has 2 amide bonds. The molecule has 0 bridgehead atoms. The van der Waals surface area contributed by atoms with Gasteiger partial charge in [0.15, 0.2) is 0 Å². The van der Waals surface area contributed by atoms with E-state index in [-0.39, 0.29) is 19.0 Å². The Balaban J connectivity index is 2.09. The van der Waals surface area contributed by atoms with Crippen LogP contribution in [0.15, 0.2) is 4.52 Å². The largest absolute Gasteiger partial charge is 0.480 e. The Bertz CT molecular complexity index is 537. The van der Waals surface area contributed by atoms with Gasteiger partial charge in [0, 0.05) is 18.5 Å². The number of rotatable bonds is 3. The van der Waals surface area contributed by atoms with E-state index in [1.807, 2.05) is 0 Å². The third-order valence-electron chi connectivity index (χ3n) is 3.69. The number of carbonyl (C=O) groups is 2. The number of hydrogen-bond donors (Lipinski definition) is 3. The van der Waals surface area contributed by atoms with Gasteiger partial charge in [0.05, 0.1) is 17.8 Å². The number of hydrogen-bond acceptors (Lipinski definition) is 5. The highest BCUT2D eigenvalue weighted by molar-refractivity contribution is 5.83. The first-order valence-corrected chi connectivity index (χ1v) is 6.72. The quantitative estimate of drug-likeness (QED) is 0.751. The van der Waals surface area contributed by atoms with Gasteiger partial charge in [-0.3, -0.25) is 0 Å². The zero-order valence-electron chi connectivity index (χ0n) is 12.2. The molecule has 1 aromatic heterocycles. The fraction of sp³-hybridized carbons (Fsp3) is 0.615. The minimum atomic E-state index is -1.12. The SMILES string of the molecule is Cc1noc(C)c1C(C)NC(=O)N1CC(O)CC1C(=O)O. The third kappa shape index (κ3) is 2.99. The highest BCUT2D eigenvalue weighted by Gasteiger charge is 2.39. The molecule has 0 spiro atoms. The van der Waals surface area contributed by atoms with E-state index in [1.54, 1.807) is 20.8 Å². The highest BCUT2D eigenvalue weighted by Crippen LogP contribution is 2.23. The Morgan fingerprint density at radius 1 is 1.48 bits per heavy atom. The number of aliphatic hydroxyl groups is 1. The molecule has 0 aromatic carbocycles. The number of nitrogens with zero attached hydrogens (tertiary/aromatic N) is 2. The summed E-state index contributed by atoms with van der Waals surface area (Å²) in [6.07, 6.45) is -0.770. The smallest absolute Gasteiger partial charge is 0.326 e. The number of nitrogens with one attached hydrogen (secondary N) is 1. The number of amides is 2. The average molecular weight is 297 g/mol. The van der Waals surface area contributed by atoms with E-state index < -0.39 is 24.1 Å². The molecule has 1 aliphatic rings. The van der Waals surface area contributed by atoms with Crippen molar-refractivity contribution in [3.05, 3.63) is 17.0 Å². The minimum Gasteiger partial charge on any atom is -0.480 e. The van der Waals surface area contributed by atoms with E-state index in [9.17, 15) is 14.7 Å². The van der Waals surface area contributed by atoms with E-state index in [0.717, 1.165) is 10.5 Å². The molecule has 21 heavy (non-hydrogen) atoms. The predicted octanol–water partition coefficient (Wildman–Crippen LogP) is 0.582. The van der Waals surface area contributed by atoms with Gasteiger partial charge < -0.3 is 25.0 Å². The van der Waals surface area contributed by atoms with Crippen LogP contribution >= 0.6 is 0 Å². The number of aliphatic carboxylic acids is 1. The van der Waals surface area contributed by atoms with Gasteiger partial charge in [-0.25, -0.2) is 9.59 Å². The molecule has 2 heterocycles. The molecule has 3 N–H and O–H groups in total. The Hall–Kier alpha value is -2.09. The Morgan fingerprint density at radius 3 is 2.67 bits per heavy atom. The van der Waals surface area contributed by atoms with Gasteiger partial charge in [-0.05, 0) is 20.8 Å². The monoisotopic (exact) mass is 297 g/mol. The second kappa shape index (κ2) is 5.72. The number of likely N-dealkylation sites (tertiary alicyclic amines) is 1. The maximum absolute atomic E-state index is 12.2. The second-order valence-electron chi connectivity index (χ2n) is 5.30. The summed E-state index contributed by atoms with van der Waals surface area (Å²) in [7, 11) is 0. The topological polar surface area (TPSA) is 116 Å². The lowest BCUT2D eigenvalue weighted by molar-refractivity contribution is -0.141. The van der Waals surface area contributed by atoms with Crippen molar-refractivity contribution in [1.29, 1.82) is 0 Å². The van der Waals surface area contributed by atoms with Crippen molar-refractivity contribution in [3.63, 3.8) is 0 Å². The Morgan fingerprint density at radius 2 is 2.14 bits per heavy atom. The molecule has 3 unspecified atom stereocenters. The van der Waals surface area contributed by atoms with Crippen molar-refractivity contribution < 1.29 is 24.3 Å². The molecule has 0 saturated carbocycles. The Kier molecular flexibility index (Phi) is 4.17. The molecule has 2 rings (SSSR count). The number of aromatic nitrogens is 1. The van der Waals surface area contributed by atoms with Gasteiger partial charge in [0.2, 0.25) is 0 Å². The summed E-state index contributed by atoms with van der Waals surface area (Å²) in [5.41, 5.74) is 1.45. The maximum atomic E-state index is 12.2. The molecule has 1 saturated heterocycles. The normalized spacial score (nSPS) is 23.1. The van der Waals surface area contributed by atoms with E-state index in [4.69, 9.17) is 9.63 Å². The van der Waals surface area contributed by atoms with E-state index in [0.29, 0.717) is 11.5 Å². The first-order chi connectivity index (χ1) is 9.81. The summed E-state index contributed by atoms with van der Waals surface area (Å²) in [5.74, 6) is -0.511. The van der Waals surface area contributed by atoms with Gasteiger partial charge >= 0.3 is 12.0 Å². The molecular weight excluding hydrogens is 278 g/mol. The van der Waals surface area contributed by atoms with E-state index in [1.165, 1.54) is 0 Å². The number of carboxylic acid groups (broad SMARTS) is 1.